The molecule has 0 spiro atoms. The molecule has 0 aliphatic carbocycles. The Kier molecular flexibility index (Phi) is 5.95. The fourth-order valence-corrected chi connectivity index (χ4v) is 4.74. The van der Waals surface area contributed by atoms with Gasteiger partial charge in [-0.15, -0.1) is 11.3 Å². The largest absolute Gasteiger partial charge is 0.383 e. The van der Waals surface area contributed by atoms with E-state index >= 15 is 0 Å². The average Bonchev–Trinajstić information content (AvgIpc) is 3.13. The highest BCUT2D eigenvalue weighted by Crippen LogP contribution is 2.29. The van der Waals surface area contributed by atoms with Crippen LogP contribution < -0.4 is 4.72 Å². The molecule has 1 unspecified atom stereocenters. The number of aliphatic hydroxyl groups excluding tert-OH is 1. The number of thiophene rings is 2. The van der Waals surface area contributed by atoms with Gasteiger partial charge < -0.3 is 5.11 Å². The summed E-state index contributed by atoms with van der Waals surface area (Å²) in [6.45, 7) is 2.25. The first-order valence-corrected chi connectivity index (χ1v) is 10.2. The summed E-state index contributed by atoms with van der Waals surface area (Å²) >= 11 is 2.97. The number of nitrogens with one attached hydrogen (secondary N) is 1. The first kappa shape index (κ1) is 16.6. The molecule has 4 nitrogen and oxygen atoms in total. The van der Waals surface area contributed by atoms with Gasteiger partial charge in [0.2, 0.25) is 10.0 Å². The zero-order valence-corrected chi connectivity index (χ0v) is 14.2. The van der Waals surface area contributed by atoms with Crippen molar-refractivity contribution in [2.75, 3.05) is 5.75 Å². The van der Waals surface area contributed by atoms with E-state index in [9.17, 15) is 13.5 Å². The third-order valence-corrected chi connectivity index (χ3v) is 6.29. The number of sulfonamides is 1. The Bertz CT molecular complexity index is 647. The first-order valence-electron chi connectivity index (χ1n) is 6.78. The molecule has 0 aliphatic rings. The molecule has 0 bridgehead atoms. The van der Waals surface area contributed by atoms with Crippen molar-refractivity contribution in [1.29, 1.82) is 0 Å². The molecule has 0 fully saturated rings. The van der Waals surface area contributed by atoms with Crippen LogP contribution in [0.1, 0.15) is 41.2 Å². The summed E-state index contributed by atoms with van der Waals surface area (Å²) in [5, 5.41) is 14.1. The highest BCUT2D eigenvalue weighted by atomic mass is 32.2. The van der Waals surface area contributed by atoms with Crippen LogP contribution in [0.2, 0.25) is 0 Å². The molecule has 0 aliphatic heterocycles. The number of unbranched alkanes of at least 4 members (excludes halogenated alkanes) is 1. The van der Waals surface area contributed by atoms with Crippen LogP contribution in [-0.4, -0.2) is 19.3 Å². The Balaban J connectivity index is 1.94. The number of rotatable bonds is 8. The summed E-state index contributed by atoms with van der Waals surface area (Å²) < 4.78 is 26.1. The normalized spacial score (nSPS) is 13.4. The van der Waals surface area contributed by atoms with Crippen molar-refractivity contribution in [3.8, 4) is 0 Å². The van der Waals surface area contributed by atoms with Crippen LogP contribution in [0, 0.1) is 0 Å². The van der Waals surface area contributed by atoms with E-state index < -0.39 is 16.1 Å². The predicted octanol–water partition coefficient (Wildman–Crippen LogP) is 3.11. The molecule has 2 aromatic rings. The molecule has 0 radical (unpaired) electrons. The quantitative estimate of drug-likeness (QED) is 0.772. The van der Waals surface area contributed by atoms with E-state index in [-0.39, 0.29) is 12.3 Å². The Hall–Kier alpha value is -0.730. The summed E-state index contributed by atoms with van der Waals surface area (Å²) in [7, 11) is -3.20. The summed E-state index contributed by atoms with van der Waals surface area (Å²) in [6, 6.07) is 5.60. The molecule has 2 rings (SSSR count). The molecular formula is C14H19NO3S3. The summed E-state index contributed by atoms with van der Waals surface area (Å²) in [4.78, 5) is 1.73. The van der Waals surface area contributed by atoms with Crippen molar-refractivity contribution in [2.24, 2.45) is 0 Å². The van der Waals surface area contributed by atoms with Crippen molar-refractivity contribution in [3.63, 3.8) is 0 Å². The molecule has 1 atom stereocenters. The first-order chi connectivity index (χ1) is 10.0. The molecule has 0 aromatic carbocycles. The highest BCUT2D eigenvalue weighted by molar-refractivity contribution is 7.89. The summed E-state index contributed by atoms with van der Waals surface area (Å²) in [5.74, 6) is 0.166. The maximum Gasteiger partial charge on any atom is 0.211 e. The van der Waals surface area contributed by atoms with Crippen molar-refractivity contribution in [1.82, 2.24) is 4.72 Å². The molecule has 2 aromatic heterocycles. The van der Waals surface area contributed by atoms with Gasteiger partial charge in [0.1, 0.15) is 6.10 Å². The molecule has 116 valence electrons. The van der Waals surface area contributed by atoms with Crippen LogP contribution in [0.25, 0.3) is 0 Å². The Morgan fingerprint density at radius 3 is 2.81 bits per heavy atom. The van der Waals surface area contributed by atoms with Gasteiger partial charge in [-0.25, -0.2) is 13.1 Å². The van der Waals surface area contributed by atoms with Gasteiger partial charge in [0.25, 0.3) is 0 Å². The van der Waals surface area contributed by atoms with E-state index in [4.69, 9.17) is 0 Å². The minimum Gasteiger partial charge on any atom is -0.383 e. The second-order valence-electron chi connectivity index (χ2n) is 4.76. The van der Waals surface area contributed by atoms with Gasteiger partial charge in [0, 0.05) is 16.3 Å². The van der Waals surface area contributed by atoms with Gasteiger partial charge >= 0.3 is 0 Å². The Morgan fingerprint density at radius 1 is 1.33 bits per heavy atom. The molecule has 0 amide bonds. The number of hydrogen-bond donors (Lipinski definition) is 2. The molecule has 21 heavy (non-hydrogen) atoms. The molecule has 2 N–H and O–H groups in total. The zero-order chi connectivity index (χ0) is 15.3. The average molecular weight is 346 g/mol. The van der Waals surface area contributed by atoms with Crippen LogP contribution in [0.4, 0.5) is 0 Å². The van der Waals surface area contributed by atoms with Crippen molar-refractivity contribution >= 4 is 32.7 Å². The second-order valence-corrected chi connectivity index (χ2v) is 8.66. The van der Waals surface area contributed by atoms with Crippen molar-refractivity contribution in [3.05, 3.63) is 44.3 Å². The maximum atomic E-state index is 11.7. The summed E-state index contributed by atoms with van der Waals surface area (Å²) in [5.41, 5.74) is 0.872. The van der Waals surface area contributed by atoms with E-state index in [0.717, 1.165) is 21.7 Å². The van der Waals surface area contributed by atoms with Crippen LogP contribution >= 0.6 is 22.7 Å². The van der Waals surface area contributed by atoms with Crippen molar-refractivity contribution in [2.45, 2.75) is 32.4 Å². The van der Waals surface area contributed by atoms with Gasteiger partial charge in [-0.05, 0) is 40.9 Å². The number of hydrogen-bond acceptors (Lipinski definition) is 5. The van der Waals surface area contributed by atoms with Crippen LogP contribution in [0.5, 0.6) is 0 Å². The molecule has 0 saturated carbocycles. The Morgan fingerprint density at radius 2 is 2.14 bits per heavy atom. The topological polar surface area (TPSA) is 66.4 Å². The molecule has 7 heteroatoms. The van der Waals surface area contributed by atoms with Gasteiger partial charge in [-0.3, -0.25) is 0 Å². The van der Waals surface area contributed by atoms with Gasteiger partial charge in [-0.2, -0.15) is 11.3 Å². The van der Waals surface area contributed by atoms with Crippen LogP contribution in [-0.2, 0) is 16.6 Å². The second kappa shape index (κ2) is 7.51. The standard InChI is InChI=1S/C14H19NO3S3/c1-2-3-8-21(17,18)15-9-12-4-5-13(20-12)14(16)11-6-7-19-10-11/h4-7,10,14-16H,2-3,8-9H2,1H3. The third-order valence-electron chi connectivity index (χ3n) is 3.04. The van der Waals surface area contributed by atoms with Crippen molar-refractivity contribution < 1.29 is 13.5 Å². The minimum atomic E-state index is -3.20. The van der Waals surface area contributed by atoms with E-state index in [1.165, 1.54) is 11.3 Å². The lowest BCUT2D eigenvalue weighted by atomic mass is 10.2. The smallest absolute Gasteiger partial charge is 0.211 e. The lowest BCUT2D eigenvalue weighted by Crippen LogP contribution is -2.25. The highest BCUT2D eigenvalue weighted by Gasteiger charge is 2.14. The summed E-state index contributed by atoms with van der Waals surface area (Å²) in [6.07, 6.45) is 0.894. The minimum absolute atomic E-state index is 0.166. The SMILES string of the molecule is CCCCS(=O)(=O)NCc1ccc(C(O)c2ccsc2)s1. The van der Waals surface area contributed by atoms with Gasteiger partial charge in [0.05, 0.1) is 5.75 Å². The molecular weight excluding hydrogens is 326 g/mol. The lowest BCUT2D eigenvalue weighted by molar-refractivity contribution is 0.224. The predicted molar refractivity (Wildman–Crippen MR) is 88.2 cm³/mol. The monoisotopic (exact) mass is 345 g/mol. The maximum absolute atomic E-state index is 11.7. The fourth-order valence-electron chi connectivity index (χ4n) is 1.82. The van der Waals surface area contributed by atoms with E-state index in [2.05, 4.69) is 4.72 Å². The number of aliphatic hydroxyl groups is 1. The molecule has 2 heterocycles. The van der Waals surface area contributed by atoms with Crippen LogP contribution in [0.3, 0.4) is 0 Å². The fraction of sp³-hybridized carbons (Fsp3) is 0.429. The third kappa shape index (κ3) is 4.89. The van der Waals surface area contributed by atoms with Gasteiger partial charge in [0.15, 0.2) is 0 Å². The van der Waals surface area contributed by atoms with E-state index in [1.54, 1.807) is 11.3 Å². The molecule has 0 saturated heterocycles. The van der Waals surface area contributed by atoms with E-state index in [1.807, 2.05) is 35.9 Å². The lowest BCUT2D eigenvalue weighted by Gasteiger charge is -2.06. The Labute approximate surface area is 133 Å². The van der Waals surface area contributed by atoms with Gasteiger partial charge in [-0.1, -0.05) is 13.3 Å². The van der Waals surface area contributed by atoms with E-state index in [0.29, 0.717) is 6.42 Å². The van der Waals surface area contributed by atoms with Crippen LogP contribution in [0.15, 0.2) is 29.0 Å². The zero-order valence-electron chi connectivity index (χ0n) is 11.8.